The molecule has 0 aliphatic carbocycles. The average molecular weight is 412 g/mol. The fraction of sp³-hybridized carbons (Fsp3) is 0.0870. The minimum Gasteiger partial charge on any atom is -0.322 e. The monoisotopic (exact) mass is 412 g/mol. The first-order chi connectivity index (χ1) is 15.0. The molecule has 31 heavy (non-hydrogen) atoms. The normalized spacial score (nSPS) is 10.5. The van der Waals surface area contributed by atoms with Gasteiger partial charge in [-0.3, -0.25) is 14.3 Å². The van der Waals surface area contributed by atoms with Gasteiger partial charge in [0.05, 0.1) is 17.0 Å². The molecule has 0 bridgehead atoms. The van der Waals surface area contributed by atoms with E-state index in [9.17, 15) is 9.59 Å². The van der Waals surface area contributed by atoms with E-state index in [2.05, 4.69) is 25.7 Å². The van der Waals surface area contributed by atoms with Crippen molar-refractivity contribution >= 4 is 23.3 Å². The van der Waals surface area contributed by atoms with Crippen LogP contribution in [-0.2, 0) is 7.05 Å². The van der Waals surface area contributed by atoms with Gasteiger partial charge in [-0.25, -0.2) is 9.97 Å². The van der Waals surface area contributed by atoms with Gasteiger partial charge >= 0.3 is 0 Å². The molecule has 2 aromatic carbocycles. The summed E-state index contributed by atoms with van der Waals surface area (Å²) >= 11 is 0. The molecule has 8 nitrogen and oxygen atoms in total. The van der Waals surface area contributed by atoms with Crippen LogP contribution >= 0.6 is 0 Å². The Hall–Kier alpha value is -4.33. The molecule has 0 unspecified atom stereocenters. The third-order valence-corrected chi connectivity index (χ3v) is 4.75. The van der Waals surface area contributed by atoms with Crippen molar-refractivity contribution in [3.63, 3.8) is 0 Å². The first-order valence-corrected chi connectivity index (χ1v) is 9.60. The molecule has 2 heterocycles. The lowest BCUT2D eigenvalue weighted by Gasteiger charge is -2.07. The summed E-state index contributed by atoms with van der Waals surface area (Å²) in [7, 11) is 1.77. The van der Waals surface area contributed by atoms with E-state index in [0.717, 1.165) is 5.56 Å². The van der Waals surface area contributed by atoms with Crippen molar-refractivity contribution in [2.45, 2.75) is 6.92 Å². The predicted octanol–water partition coefficient (Wildman–Crippen LogP) is 3.69. The van der Waals surface area contributed by atoms with Gasteiger partial charge < -0.3 is 10.6 Å². The van der Waals surface area contributed by atoms with Crippen LogP contribution in [0.25, 0.3) is 11.3 Å². The van der Waals surface area contributed by atoms with Crippen LogP contribution in [0.3, 0.4) is 0 Å². The van der Waals surface area contributed by atoms with Crippen molar-refractivity contribution in [2.24, 2.45) is 7.05 Å². The van der Waals surface area contributed by atoms with E-state index in [1.807, 2.05) is 30.3 Å². The van der Waals surface area contributed by atoms with Gasteiger partial charge in [0.15, 0.2) is 0 Å². The summed E-state index contributed by atoms with van der Waals surface area (Å²) < 4.78 is 1.62. The van der Waals surface area contributed by atoms with Gasteiger partial charge in [0.25, 0.3) is 11.8 Å². The lowest BCUT2D eigenvalue weighted by Crippen LogP contribution is -2.14. The van der Waals surface area contributed by atoms with E-state index in [1.54, 1.807) is 49.0 Å². The summed E-state index contributed by atoms with van der Waals surface area (Å²) in [6.07, 6.45) is 2.90. The summed E-state index contributed by atoms with van der Waals surface area (Å²) in [5.41, 5.74) is 3.82. The highest BCUT2D eigenvalue weighted by molar-refractivity contribution is 6.05. The summed E-state index contributed by atoms with van der Waals surface area (Å²) in [5, 5.41) is 10.2. The number of hydrogen-bond acceptors (Lipinski definition) is 5. The molecule has 0 aliphatic rings. The zero-order chi connectivity index (χ0) is 21.8. The second kappa shape index (κ2) is 8.58. The first kappa shape index (κ1) is 20.0. The van der Waals surface area contributed by atoms with Crippen molar-refractivity contribution < 1.29 is 9.59 Å². The van der Waals surface area contributed by atoms with Crippen molar-refractivity contribution in [3.8, 4) is 11.3 Å². The molecule has 0 saturated heterocycles. The summed E-state index contributed by atoms with van der Waals surface area (Å²) in [6.45, 7) is 1.76. The number of aromatic nitrogens is 4. The summed E-state index contributed by atoms with van der Waals surface area (Å²) in [6, 6.07) is 18.1. The molecule has 0 radical (unpaired) electrons. The van der Waals surface area contributed by atoms with Crippen molar-refractivity contribution in [3.05, 3.63) is 90.0 Å². The van der Waals surface area contributed by atoms with Crippen LogP contribution in [0.5, 0.6) is 0 Å². The molecule has 2 N–H and O–H groups in total. The van der Waals surface area contributed by atoms with E-state index in [4.69, 9.17) is 0 Å². The highest BCUT2D eigenvalue weighted by Crippen LogP contribution is 2.24. The highest BCUT2D eigenvalue weighted by atomic mass is 16.2. The molecular formula is C23H20N6O2. The van der Waals surface area contributed by atoms with Gasteiger partial charge in [0.1, 0.15) is 12.1 Å². The maximum atomic E-state index is 12.4. The SMILES string of the molecule is Cc1ncncc1C(=O)Nc1ccc(-c2cc(NC(=O)c3ccccc3)n(C)n2)cc1. The Kier molecular flexibility index (Phi) is 5.53. The number of carbonyl (C=O) groups is 2. The first-order valence-electron chi connectivity index (χ1n) is 9.60. The Morgan fingerprint density at radius 2 is 1.68 bits per heavy atom. The zero-order valence-electron chi connectivity index (χ0n) is 17.0. The lowest BCUT2D eigenvalue weighted by molar-refractivity contribution is 0.101. The van der Waals surface area contributed by atoms with Gasteiger partial charge in [-0.15, -0.1) is 0 Å². The molecule has 0 atom stereocenters. The Morgan fingerprint density at radius 1 is 0.935 bits per heavy atom. The average Bonchev–Trinajstić information content (AvgIpc) is 3.15. The number of aryl methyl sites for hydroxylation is 2. The van der Waals surface area contributed by atoms with E-state index in [-0.39, 0.29) is 11.8 Å². The zero-order valence-corrected chi connectivity index (χ0v) is 17.0. The van der Waals surface area contributed by atoms with Crippen LogP contribution in [0.4, 0.5) is 11.5 Å². The molecule has 2 aromatic heterocycles. The molecule has 0 spiro atoms. The lowest BCUT2D eigenvalue weighted by atomic mass is 10.1. The third-order valence-electron chi connectivity index (χ3n) is 4.75. The topological polar surface area (TPSA) is 102 Å². The molecule has 0 saturated carbocycles. The van der Waals surface area contributed by atoms with E-state index >= 15 is 0 Å². The second-order valence-electron chi connectivity index (χ2n) is 6.91. The minimum atomic E-state index is -0.269. The molecule has 8 heteroatoms. The Bertz CT molecular complexity index is 1230. The number of amides is 2. The van der Waals surface area contributed by atoms with Crippen LogP contribution in [0, 0.1) is 6.92 Å². The van der Waals surface area contributed by atoms with Crippen molar-refractivity contribution in [1.82, 2.24) is 19.7 Å². The van der Waals surface area contributed by atoms with E-state index < -0.39 is 0 Å². The maximum Gasteiger partial charge on any atom is 0.259 e. The third kappa shape index (κ3) is 4.48. The second-order valence-corrected chi connectivity index (χ2v) is 6.91. The number of nitrogens with zero attached hydrogens (tertiary/aromatic N) is 4. The Labute approximate surface area is 179 Å². The van der Waals surface area contributed by atoms with Gasteiger partial charge in [0.2, 0.25) is 0 Å². The number of nitrogens with one attached hydrogen (secondary N) is 2. The summed E-state index contributed by atoms with van der Waals surface area (Å²) in [5.74, 6) is 0.115. The molecular weight excluding hydrogens is 392 g/mol. The number of anilines is 2. The van der Waals surface area contributed by atoms with Crippen LogP contribution < -0.4 is 10.6 Å². The van der Waals surface area contributed by atoms with Gasteiger partial charge in [-0.2, -0.15) is 5.10 Å². The van der Waals surface area contributed by atoms with Crippen LogP contribution in [0.15, 0.2) is 73.2 Å². The molecule has 0 aliphatic heterocycles. The van der Waals surface area contributed by atoms with Gasteiger partial charge in [-0.05, 0) is 31.2 Å². The minimum absolute atomic E-state index is 0.201. The largest absolute Gasteiger partial charge is 0.322 e. The Balaban J connectivity index is 1.47. The Morgan fingerprint density at radius 3 is 2.39 bits per heavy atom. The molecule has 4 rings (SSSR count). The summed E-state index contributed by atoms with van der Waals surface area (Å²) in [4.78, 5) is 32.7. The van der Waals surface area contributed by atoms with Crippen LogP contribution in [0.1, 0.15) is 26.4 Å². The fourth-order valence-corrected chi connectivity index (χ4v) is 3.04. The quantitative estimate of drug-likeness (QED) is 0.521. The number of benzene rings is 2. The molecule has 4 aromatic rings. The van der Waals surface area contributed by atoms with Gasteiger partial charge in [-0.1, -0.05) is 30.3 Å². The van der Waals surface area contributed by atoms with Crippen LogP contribution in [0.2, 0.25) is 0 Å². The fourth-order valence-electron chi connectivity index (χ4n) is 3.04. The van der Waals surface area contributed by atoms with Crippen LogP contribution in [-0.4, -0.2) is 31.6 Å². The number of rotatable bonds is 5. The van der Waals surface area contributed by atoms with Gasteiger partial charge in [0, 0.05) is 36.1 Å². The van der Waals surface area contributed by atoms with Crippen molar-refractivity contribution in [2.75, 3.05) is 10.6 Å². The van der Waals surface area contributed by atoms with Crippen molar-refractivity contribution in [1.29, 1.82) is 0 Å². The van der Waals surface area contributed by atoms with E-state index in [0.29, 0.717) is 34.0 Å². The molecule has 0 fully saturated rings. The highest BCUT2D eigenvalue weighted by Gasteiger charge is 2.13. The number of hydrogen-bond donors (Lipinski definition) is 2. The molecule has 154 valence electrons. The standard InChI is InChI=1S/C23H20N6O2/c1-15-19(13-24-14-25-15)23(31)26-18-10-8-16(9-11-18)20-12-21(29(2)28-20)27-22(30)17-6-4-3-5-7-17/h3-14H,1-2H3,(H,26,31)(H,27,30). The predicted molar refractivity (Wildman–Crippen MR) is 118 cm³/mol. The number of carbonyl (C=O) groups excluding carboxylic acids is 2. The van der Waals surface area contributed by atoms with E-state index in [1.165, 1.54) is 12.5 Å². The smallest absolute Gasteiger partial charge is 0.259 e. The maximum absolute atomic E-state index is 12.4. The molecule has 2 amide bonds.